The molecule has 1 heterocycles. The molecule has 0 amide bonds. The molecule has 1 heteroatoms. The smallest absolute Gasteiger partial charge is 0.0547 e. The van der Waals surface area contributed by atoms with Gasteiger partial charge in [-0.3, -0.25) is 0 Å². The third-order valence-electron chi connectivity index (χ3n) is 12.5. The molecule has 0 fully saturated rings. The fourth-order valence-corrected chi connectivity index (χ4v) is 9.89. The molecular weight excluding hydrogens is 687 g/mol. The van der Waals surface area contributed by atoms with Gasteiger partial charge in [0.2, 0.25) is 0 Å². The van der Waals surface area contributed by atoms with Gasteiger partial charge in [-0.15, -0.1) is 0 Å². The summed E-state index contributed by atoms with van der Waals surface area (Å²) < 4.78 is 2.48. The minimum atomic E-state index is 0.199. The zero-order valence-corrected chi connectivity index (χ0v) is 31.4. The summed E-state index contributed by atoms with van der Waals surface area (Å²) in [6.07, 6.45) is 0.970. The summed E-state index contributed by atoms with van der Waals surface area (Å²) in [7, 11) is 0. The van der Waals surface area contributed by atoms with Gasteiger partial charge in [0.1, 0.15) is 0 Å². The molecule has 0 saturated heterocycles. The molecule has 1 unspecified atom stereocenters. The Hall–Kier alpha value is -7.22. The highest BCUT2D eigenvalue weighted by atomic mass is 15.0. The van der Waals surface area contributed by atoms with Crippen LogP contribution in [0.1, 0.15) is 33.7 Å². The Kier molecular flexibility index (Phi) is 7.12. The Labute approximate surface area is 332 Å². The molecule has 12 rings (SSSR count). The van der Waals surface area contributed by atoms with E-state index < -0.39 is 0 Å². The van der Waals surface area contributed by atoms with Crippen molar-refractivity contribution < 1.29 is 0 Å². The number of fused-ring (bicyclic) bond motifs is 10. The van der Waals surface area contributed by atoms with Crippen molar-refractivity contribution in [3.63, 3.8) is 0 Å². The first kappa shape index (κ1) is 32.1. The molecule has 1 atom stereocenters. The number of hydrogen-bond donors (Lipinski definition) is 0. The van der Waals surface area contributed by atoms with E-state index in [2.05, 4.69) is 211 Å². The van der Waals surface area contributed by atoms with Crippen molar-refractivity contribution in [2.45, 2.75) is 12.3 Å². The van der Waals surface area contributed by atoms with Crippen LogP contribution in [0.4, 0.5) is 0 Å². The average molecular weight is 724 g/mol. The number of benzene rings is 9. The lowest BCUT2D eigenvalue weighted by Gasteiger charge is -2.15. The van der Waals surface area contributed by atoms with Gasteiger partial charge in [0.25, 0.3) is 0 Å². The highest BCUT2D eigenvalue weighted by Crippen LogP contribution is 2.50. The second-order valence-corrected chi connectivity index (χ2v) is 15.6. The predicted molar refractivity (Wildman–Crippen MR) is 238 cm³/mol. The van der Waals surface area contributed by atoms with E-state index >= 15 is 0 Å². The first-order chi connectivity index (χ1) is 28.3. The van der Waals surface area contributed by atoms with Gasteiger partial charge in [0, 0.05) is 22.4 Å². The third-order valence-corrected chi connectivity index (χ3v) is 12.5. The van der Waals surface area contributed by atoms with Gasteiger partial charge in [-0.2, -0.15) is 0 Å². The molecule has 0 spiro atoms. The van der Waals surface area contributed by atoms with Crippen LogP contribution in [0.15, 0.2) is 206 Å². The second kappa shape index (κ2) is 12.7. The lowest BCUT2D eigenvalue weighted by molar-refractivity contribution is 1.02. The fourth-order valence-electron chi connectivity index (χ4n) is 9.89. The Morgan fingerprint density at radius 1 is 0.368 bits per heavy atom. The number of hydrogen-bond acceptors (Lipinski definition) is 0. The maximum absolute atomic E-state index is 2.48. The third kappa shape index (κ3) is 5.02. The van der Waals surface area contributed by atoms with Gasteiger partial charge in [-0.05, 0) is 126 Å². The molecule has 0 saturated carbocycles. The minimum absolute atomic E-state index is 0.199. The molecule has 10 aromatic rings. The van der Waals surface area contributed by atoms with Crippen molar-refractivity contribution in [3.05, 3.63) is 234 Å². The lowest BCUT2D eigenvalue weighted by atomic mass is 9.88. The van der Waals surface area contributed by atoms with E-state index in [0.717, 1.165) is 6.42 Å². The van der Waals surface area contributed by atoms with Crippen molar-refractivity contribution in [2.24, 2.45) is 0 Å². The largest absolute Gasteiger partial charge is 0.309 e. The molecule has 0 N–H and O–H groups in total. The van der Waals surface area contributed by atoms with E-state index in [1.807, 2.05) is 0 Å². The monoisotopic (exact) mass is 723 g/mol. The molecule has 0 radical (unpaired) electrons. The SMILES string of the molecule is c1ccc(-c2ccc(C3c4ccccc4-c4cc(-c5ccc6c(c5)c5c7c(ccc5n6-c5cccc(-c6ccccc6)c5)Cc5ccccc5-7)ccc43)cc2)cc1. The van der Waals surface area contributed by atoms with Gasteiger partial charge in [0.15, 0.2) is 0 Å². The molecule has 2 aliphatic carbocycles. The summed E-state index contributed by atoms with van der Waals surface area (Å²) in [6.45, 7) is 0. The molecule has 9 aromatic carbocycles. The molecule has 0 bridgehead atoms. The zero-order valence-electron chi connectivity index (χ0n) is 31.4. The van der Waals surface area contributed by atoms with Crippen LogP contribution < -0.4 is 0 Å². The molecule has 2 aliphatic rings. The normalized spacial score (nSPS) is 13.7. The van der Waals surface area contributed by atoms with Crippen molar-refractivity contribution in [1.29, 1.82) is 0 Å². The van der Waals surface area contributed by atoms with E-state index in [9.17, 15) is 0 Å². The van der Waals surface area contributed by atoms with Gasteiger partial charge < -0.3 is 4.57 Å². The number of nitrogens with zero attached hydrogens (tertiary/aromatic N) is 1. The van der Waals surface area contributed by atoms with Crippen LogP contribution in [0.25, 0.3) is 83.1 Å². The van der Waals surface area contributed by atoms with Gasteiger partial charge >= 0.3 is 0 Å². The van der Waals surface area contributed by atoms with Crippen molar-refractivity contribution in [3.8, 4) is 61.3 Å². The van der Waals surface area contributed by atoms with Crippen molar-refractivity contribution >= 4 is 21.8 Å². The Morgan fingerprint density at radius 2 is 0.965 bits per heavy atom. The van der Waals surface area contributed by atoms with Crippen LogP contribution in [-0.4, -0.2) is 4.57 Å². The summed E-state index contributed by atoms with van der Waals surface area (Å²) in [5.74, 6) is 0.199. The summed E-state index contributed by atoms with van der Waals surface area (Å²) in [5, 5.41) is 2.63. The summed E-state index contributed by atoms with van der Waals surface area (Å²) >= 11 is 0. The maximum Gasteiger partial charge on any atom is 0.0547 e. The Balaban J connectivity index is 1.02. The van der Waals surface area contributed by atoms with Crippen LogP contribution in [-0.2, 0) is 6.42 Å². The minimum Gasteiger partial charge on any atom is -0.309 e. The van der Waals surface area contributed by atoms with E-state index in [4.69, 9.17) is 0 Å². The summed E-state index contributed by atoms with van der Waals surface area (Å²) in [5.41, 5.74) is 23.3. The van der Waals surface area contributed by atoms with Crippen molar-refractivity contribution in [1.82, 2.24) is 4.57 Å². The summed E-state index contributed by atoms with van der Waals surface area (Å²) in [4.78, 5) is 0. The van der Waals surface area contributed by atoms with E-state index in [-0.39, 0.29) is 5.92 Å². The predicted octanol–water partition coefficient (Wildman–Crippen LogP) is 14.5. The maximum atomic E-state index is 2.48. The second-order valence-electron chi connectivity index (χ2n) is 15.6. The van der Waals surface area contributed by atoms with Crippen LogP contribution in [0, 0.1) is 0 Å². The Bertz CT molecular complexity index is 3190. The quantitative estimate of drug-likeness (QED) is 0.167. The van der Waals surface area contributed by atoms with Crippen LogP contribution in [0.3, 0.4) is 0 Å². The van der Waals surface area contributed by atoms with Crippen LogP contribution in [0.5, 0.6) is 0 Å². The fraction of sp³-hybridized carbons (Fsp3) is 0.0357. The first-order valence-electron chi connectivity index (χ1n) is 20.0. The van der Waals surface area contributed by atoms with Crippen LogP contribution >= 0.6 is 0 Å². The Morgan fingerprint density at radius 3 is 1.79 bits per heavy atom. The number of rotatable bonds is 5. The van der Waals surface area contributed by atoms with E-state index in [1.54, 1.807) is 0 Å². The summed E-state index contributed by atoms with van der Waals surface area (Å²) in [6, 6.07) is 76.5. The van der Waals surface area contributed by atoms with Crippen molar-refractivity contribution in [2.75, 3.05) is 0 Å². The average Bonchev–Trinajstić information content (AvgIpc) is 3.94. The molecule has 0 aliphatic heterocycles. The molecular formula is C56H37N. The van der Waals surface area contributed by atoms with E-state index in [0.29, 0.717) is 0 Å². The molecule has 1 aromatic heterocycles. The van der Waals surface area contributed by atoms with Gasteiger partial charge in [0.05, 0.1) is 11.0 Å². The highest BCUT2D eigenvalue weighted by Gasteiger charge is 2.30. The van der Waals surface area contributed by atoms with Crippen LogP contribution in [0.2, 0.25) is 0 Å². The first-order valence-corrected chi connectivity index (χ1v) is 20.0. The molecule has 1 nitrogen and oxygen atoms in total. The molecule has 57 heavy (non-hydrogen) atoms. The standard InChI is InChI=1S/C56H37N/c1-3-12-36(13-4-1)38-22-24-39(25-23-38)54-48-21-10-9-20-47(48)50-34-41(26-29-49(50)54)42-27-30-52-51(35-42)56-53(31-28-44-32-43-16-7-8-19-46(43)55(44)56)57(52)45-18-11-17-40(33-45)37-14-5-2-6-15-37/h1-31,33-35,54H,32H2. The van der Waals surface area contributed by atoms with Gasteiger partial charge in [-0.25, -0.2) is 0 Å². The van der Waals surface area contributed by atoms with E-state index in [1.165, 1.54) is 111 Å². The highest BCUT2D eigenvalue weighted by molar-refractivity contribution is 6.18. The number of aromatic nitrogens is 1. The van der Waals surface area contributed by atoms with Gasteiger partial charge in [-0.1, -0.05) is 170 Å². The molecule has 266 valence electrons. The topological polar surface area (TPSA) is 4.93 Å². The lowest BCUT2D eigenvalue weighted by Crippen LogP contribution is -1.99. The zero-order chi connectivity index (χ0) is 37.5.